The first kappa shape index (κ1) is 33.1. The average molecular weight is 537 g/mol. The summed E-state index contributed by atoms with van der Waals surface area (Å²) < 4.78 is 0. The fourth-order valence-electron chi connectivity index (χ4n) is 5.38. The zero-order valence-corrected chi connectivity index (χ0v) is 25.8. The maximum atomic E-state index is 9.58. The van der Waals surface area contributed by atoms with Gasteiger partial charge in [0.2, 0.25) is 0 Å². The van der Waals surface area contributed by atoms with Gasteiger partial charge in [0.15, 0.2) is 0 Å². The molecule has 0 aliphatic rings. The highest BCUT2D eigenvalue weighted by Gasteiger charge is 2.19. The predicted octanol–water partition coefficient (Wildman–Crippen LogP) is 10.9. The molecule has 0 heterocycles. The number of rotatable bonds is 18. The first-order chi connectivity index (χ1) is 19.7. The second kappa shape index (κ2) is 20.8. The number of hydrogen-bond donors (Lipinski definition) is 0. The smallest absolute Gasteiger partial charge is 0.303 e. The van der Waals surface area contributed by atoms with Crippen LogP contribution in [0.25, 0.3) is 11.1 Å². The highest BCUT2D eigenvalue weighted by Crippen LogP contribution is 2.36. The zero-order chi connectivity index (χ0) is 28.8. The SMILES string of the molecule is CCCCCC#CCCc1ccccc1C(=C(CC)C(=C=[N+]=[N-])CCCCC)c1cccc(CCCCCC)c1. The van der Waals surface area contributed by atoms with Crippen LogP contribution in [0.2, 0.25) is 0 Å². The highest BCUT2D eigenvalue weighted by atomic mass is 14.8. The highest BCUT2D eigenvalue weighted by molar-refractivity contribution is 5.88. The average Bonchev–Trinajstić information content (AvgIpc) is 2.98. The molecule has 0 aliphatic heterocycles. The summed E-state index contributed by atoms with van der Waals surface area (Å²) in [4.78, 5) is 3.40. The van der Waals surface area contributed by atoms with Gasteiger partial charge in [-0.1, -0.05) is 121 Å². The lowest BCUT2D eigenvalue weighted by atomic mass is 9.83. The number of allylic oxidation sites excluding steroid dienone is 2. The molecule has 0 fully saturated rings. The van der Waals surface area contributed by atoms with E-state index in [-0.39, 0.29) is 0 Å². The Balaban J connectivity index is 2.58. The second-order valence-electron chi connectivity index (χ2n) is 10.8. The standard InChI is InChI=1S/C38H52N2/c1-5-9-12-14-15-16-19-25-33-26-20-21-29-37(33)38(36(8-4)35(31-40-39)27-17-11-7-3)34-28-22-24-32(30-34)23-18-13-10-6-2/h20-22,24,26,28-30H,5-14,17-19,23,25,27H2,1-4H3. The fraction of sp³-hybridized carbons (Fsp3) is 0.526. The molecule has 0 spiro atoms. The molecule has 40 heavy (non-hydrogen) atoms. The van der Waals surface area contributed by atoms with Crippen molar-refractivity contribution in [2.24, 2.45) is 0 Å². The van der Waals surface area contributed by atoms with Gasteiger partial charge in [-0.3, -0.25) is 0 Å². The lowest BCUT2D eigenvalue weighted by Gasteiger charge is -2.19. The predicted molar refractivity (Wildman–Crippen MR) is 174 cm³/mol. The first-order valence-electron chi connectivity index (χ1n) is 16.0. The summed E-state index contributed by atoms with van der Waals surface area (Å²) in [6.45, 7) is 8.94. The molecule has 0 saturated heterocycles. The number of benzene rings is 2. The molecular formula is C38H52N2. The topological polar surface area (TPSA) is 36.4 Å². The summed E-state index contributed by atoms with van der Waals surface area (Å²) in [6, 6.07) is 17.9. The van der Waals surface area contributed by atoms with Crippen molar-refractivity contribution in [3.8, 4) is 11.8 Å². The Hall–Kier alpha value is -3.10. The molecule has 0 saturated carbocycles. The van der Waals surface area contributed by atoms with Gasteiger partial charge in [0, 0.05) is 12.8 Å². The van der Waals surface area contributed by atoms with Crippen LogP contribution in [0.5, 0.6) is 0 Å². The van der Waals surface area contributed by atoms with Gasteiger partial charge >= 0.3 is 5.87 Å². The third kappa shape index (κ3) is 11.6. The van der Waals surface area contributed by atoms with Crippen molar-refractivity contribution < 1.29 is 4.79 Å². The van der Waals surface area contributed by atoms with Crippen LogP contribution < -0.4 is 0 Å². The van der Waals surface area contributed by atoms with Crippen LogP contribution in [-0.2, 0) is 12.8 Å². The van der Waals surface area contributed by atoms with Crippen molar-refractivity contribution >= 4 is 11.4 Å². The summed E-state index contributed by atoms with van der Waals surface area (Å²) >= 11 is 0. The summed E-state index contributed by atoms with van der Waals surface area (Å²) in [5.74, 6) is 9.81. The normalized spacial score (nSPS) is 11.2. The van der Waals surface area contributed by atoms with Gasteiger partial charge in [-0.15, -0.1) is 16.6 Å². The van der Waals surface area contributed by atoms with E-state index in [2.05, 4.69) is 98.7 Å². The van der Waals surface area contributed by atoms with Crippen LogP contribution in [0.3, 0.4) is 0 Å². The van der Waals surface area contributed by atoms with E-state index in [1.807, 2.05) is 0 Å². The first-order valence-corrected chi connectivity index (χ1v) is 16.0. The monoisotopic (exact) mass is 536 g/mol. The second-order valence-corrected chi connectivity index (χ2v) is 10.8. The van der Waals surface area contributed by atoms with E-state index < -0.39 is 0 Å². The number of aryl methyl sites for hydroxylation is 2. The summed E-state index contributed by atoms with van der Waals surface area (Å²) in [5, 5.41) is 0. The molecule has 0 atom stereocenters. The van der Waals surface area contributed by atoms with Crippen molar-refractivity contribution in [2.75, 3.05) is 0 Å². The van der Waals surface area contributed by atoms with Gasteiger partial charge in [0.05, 0.1) is 5.57 Å². The van der Waals surface area contributed by atoms with Crippen molar-refractivity contribution in [2.45, 2.75) is 130 Å². The van der Waals surface area contributed by atoms with Crippen LogP contribution in [0.1, 0.15) is 140 Å². The molecule has 0 aromatic heterocycles. The maximum absolute atomic E-state index is 9.58. The minimum atomic E-state index is 0.853. The van der Waals surface area contributed by atoms with Gasteiger partial charge < -0.3 is 5.53 Å². The Kier molecular flexibility index (Phi) is 17.2. The molecule has 0 N–H and O–H groups in total. The molecule has 0 radical (unpaired) electrons. The number of hydrogen-bond acceptors (Lipinski definition) is 0. The molecule has 0 unspecified atom stereocenters. The van der Waals surface area contributed by atoms with E-state index in [9.17, 15) is 5.53 Å². The Morgan fingerprint density at radius 1 is 0.725 bits per heavy atom. The fourth-order valence-corrected chi connectivity index (χ4v) is 5.38. The molecule has 2 rings (SSSR count). The van der Waals surface area contributed by atoms with Crippen LogP contribution in [0, 0.1) is 11.8 Å². The van der Waals surface area contributed by atoms with E-state index >= 15 is 0 Å². The largest absolute Gasteiger partial charge is 0.348 e. The number of unbranched alkanes of at least 4 members (excludes halogenated alkanes) is 8. The third-order valence-corrected chi connectivity index (χ3v) is 7.61. The van der Waals surface area contributed by atoms with E-state index in [0.29, 0.717) is 0 Å². The maximum Gasteiger partial charge on any atom is 0.303 e. The zero-order valence-electron chi connectivity index (χ0n) is 25.8. The van der Waals surface area contributed by atoms with E-state index in [4.69, 9.17) is 0 Å². The Morgan fingerprint density at radius 3 is 2.20 bits per heavy atom. The molecule has 214 valence electrons. The molecule has 2 nitrogen and oxygen atoms in total. The molecule has 0 amide bonds. The molecule has 0 bridgehead atoms. The lowest BCUT2D eigenvalue weighted by Crippen LogP contribution is -2.03. The molecular weight excluding hydrogens is 484 g/mol. The van der Waals surface area contributed by atoms with Crippen molar-refractivity contribution in [3.05, 3.63) is 87.5 Å². The van der Waals surface area contributed by atoms with Crippen molar-refractivity contribution in [1.29, 1.82) is 0 Å². The Bertz CT molecular complexity index is 1190. The third-order valence-electron chi connectivity index (χ3n) is 7.61. The van der Waals surface area contributed by atoms with Crippen molar-refractivity contribution in [1.82, 2.24) is 0 Å². The molecule has 2 aromatic carbocycles. The van der Waals surface area contributed by atoms with E-state index in [1.54, 1.807) is 0 Å². The van der Waals surface area contributed by atoms with Crippen molar-refractivity contribution in [3.63, 3.8) is 0 Å². The molecule has 2 aromatic rings. The molecule has 2 heteroatoms. The molecule has 0 aliphatic carbocycles. The minimum Gasteiger partial charge on any atom is -0.348 e. The van der Waals surface area contributed by atoms with Crippen LogP contribution in [0.15, 0.2) is 59.7 Å². The van der Waals surface area contributed by atoms with Gasteiger partial charge in [-0.2, -0.15) is 0 Å². The Labute approximate surface area is 245 Å². The lowest BCUT2D eigenvalue weighted by molar-refractivity contribution is 0.00740. The number of nitrogens with zero attached hydrogens (tertiary/aromatic N) is 2. The Morgan fingerprint density at radius 2 is 1.45 bits per heavy atom. The van der Waals surface area contributed by atoms with Crippen LogP contribution in [0.4, 0.5) is 0 Å². The van der Waals surface area contributed by atoms with Gasteiger partial charge in [-0.25, -0.2) is 0 Å². The van der Waals surface area contributed by atoms with Gasteiger partial charge in [-0.05, 0) is 78.3 Å². The van der Waals surface area contributed by atoms with E-state index in [1.165, 1.54) is 78.3 Å². The van der Waals surface area contributed by atoms with E-state index in [0.717, 1.165) is 63.4 Å². The summed E-state index contributed by atoms with van der Waals surface area (Å²) in [7, 11) is 0. The minimum absolute atomic E-state index is 0.853. The van der Waals surface area contributed by atoms with Crippen LogP contribution >= 0.6 is 0 Å². The van der Waals surface area contributed by atoms with Gasteiger partial charge in [0.25, 0.3) is 0 Å². The summed E-state index contributed by atoms with van der Waals surface area (Å²) in [5.41, 5.74) is 18.3. The van der Waals surface area contributed by atoms with Crippen LogP contribution in [-0.4, -0.2) is 10.7 Å². The van der Waals surface area contributed by atoms with Gasteiger partial charge in [0.1, 0.15) is 0 Å². The summed E-state index contributed by atoms with van der Waals surface area (Å²) in [6.07, 6.45) is 17.8. The quantitative estimate of drug-likeness (QED) is 0.0453.